The van der Waals surface area contributed by atoms with Crippen molar-refractivity contribution in [2.45, 2.75) is 33.1 Å². The molecule has 4 heteroatoms. The molecule has 0 aliphatic rings. The van der Waals surface area contributed by atoms with Crippen LogP contribution in [0.5, 0.6) is 0 Å². The van der Waals surface area contributed by atoms with Crippen molar-refractivity contribution in [1.29, 1.82) is 0 Å². The Labute approximate surface area is 143 Å². The van der Waals surface area contributed by atoms with Gasteiger partial charge in [-0.05, 0) is 38.8 Å². The second-order valence-corrected chi connectivity index (χ2v) is 5.19. The van der Waals surface area contributed by atoms with Crippen molar-refractivity contribution in [3.8, 4) is 11.8 Å². The van der Waals surface area contributed by atoms with E-state index in [-0.39, 0.29) is 26.1 Å². The quantitative estimate of drug-likeness (QED) is 0.317. The number of allylic oxidation sites excluding steroid dienone is 1. The Morgan fingerprint density at radius 2 is 1.71 bits per heavy atom. The van der Waals surface area contributed by atoms with Crippen LogP contribution in [0.25, 0.3) is 0 Å². The number of benzene rings is 1. The molecule has 1 rings (SSSR count). The van der Waals surface area contributed by atoms with Crippen molar-refractivity contribution in [3.05, 3.63) is 48.6 Å². The highest BCUT2D eigenvalue weighted by Crippen LogP contribution is 2.32. The molecule has 0 heterocycles. The minimum absolute atomic E-state index is 0.0490. The predicted molar refractivity (Wildman–Crippen MR) is 93.1 cm³/mol. The summed E-state index contributed by atoms with van der Waals surface area (Å²) in [5, 5.41) is 0. The molecule has 0 fully saturated rings. The Morgan fingerprint density at radius 3 is 2.21 bits per heavy atom. The Hall–Kier alpha value is -2.54. The van der Waals surface area contributed by atoms with Crippen molar-refractivity contribution >= 4 is 11.9 Å². The molecule has 0 saturated carbocycles. The molecule has 24 heavy (non-hydrogen) atoms. The van der Waals surface area contributed by atoms with E-state index in [0.29, 0.717) is 6.42 Å². The summed E-state index contributed by atoms with van der Waals surface area (Å²) in [6.45, 7) is 7.46. The van der Waals surface area contributed by atoms with Gasteiger partial charge in [-0.25, -0.2) is 0 Å². The molecular formula is C20H24O4. The van der Waals surface area contributed by atoms with Crippen LogP contribution in [0.3, 0.4) is 0 Å². The summed E-state index contributed by atoms with van der Waals surface area (Å²) >= 11 is 0. The number of rotatable bonds is 8. The summed E-state index contributed by atoms with van der Waals surface area (Å²) < 4.78 is 10.3. The molecule has 0 unspecified atom stereocenters. The van der Waals surface area contributed by atoms with E-state index in [0.717, 1.165) is 5.56 Å². The minimum Gasteiger partial charge on any atom is -0.465 e. The van der Waals surface area contributed by atoms with Gasteiger partial charge < -0.3 is 9.47 Å². The Morgan fingerprint density at radius 1 is 1.12 bits per heavy atom. The lowest BCUT2D eigenvalue weighted by atomic mass is 9.80. The van der Waals surface area contributed by atoms with Crippen LogP contribution in [0, 0.1) is 17.3 Å². The van der Waals surface area contributed by atoms with Crippen molar-refractivity contribution in [2.75, 3.05) is 13.2 Å². The average molecular weight is 328 g/mol. The van der Waals surface area contributed by atoms with E-state index in [4.69, 9.17) is 9.47 Å². The maximum absolute atomic E-state index is 12.5. The van der Waals surface area contributed by atoms with Crippen molar-refractivity contribution in [3.63, 3.8) is 0 Å². The topological polar surface area (TPSA) is 52.6 Å². The molecule has 1 aromatic carbocycles. The molecule has 128 valence electrons. The number of esters is 2. The average Bonchev–Trinajstić information content (AvgIpc) is 2.59. The second kappa shape index (κ2) is 10.3. The van der Waals surface area contributed by atoms with Crippen molar-refractivity contribution < 1.29 is 19.1 Å². The predicted octanol–water partition coefficient (Wildman–Crippen LogP) is 3.51. The standard InChI is InChI=1S/C20H24O4/c1-4-7-15-20(18(21)23-5-2,19(22)24-6-3)16-11-14-17-12-9-8-10-13-17/h4,8-10,12-13H,1,5-7,15-16H2,2-3H3. The fourth-order valence-corrected chi connectivity index (χ4v) is 2.23. The second-order valence-electron chi connectivity index (χ2n) is 5.19. The zero-order valence-electron chi connectivity index (χ0n) is 14.3. The summed E-state index contributed by atoms with van der Waals surface area (Å²) in [7, 11) is 0. The summed E-state index contributed by atoms with van der Waals surface area (Å²) in [4.78, 5) is 25.0. The third kappa shape index (κ3) is 5.27. The molecular weight excluding hydrogens is 304 g/mol. The lowest BCUT2D eigenvalue weighted by molar-refractivity contribution is -0.172. The van der Waals surface area contributed by atoms with Crippen LogP contribution in [0.15, 0.2) is 43.0 Å². The van der Waals surface area contributed by atoms with Crippen molar-refractivity contribution in [1.82, 2.24) is 0 Å². The van der Waals surface area contributed by atoms with Crippen molar-refractivity contribution in [2.24, 2.45) is 5.41 Å². The monoisotopic (exact) mass is 328 g/mol. The first-order valence-corrected chi connectivity index (χ1v) is 8.10. The first-order valence-electron chi connectivity index (χ1n) is 8.10. The Balaban J connectivity index is 3.12. The lowest BCUT2D eigenvalue weighted by Gasteiger charge is -2.27. The number of carbonyl (C=O) groups excluding carboxylic acids is 2. The number of hydrogen-bond acceptors (Lipinski definition) is 4. The fourth-order valence-electron chi connectivity index (χ4n) is 2.23. The van der Waals surface area contributed by atoms with E-state index < -0.39 is 17.4 Å². The first kappa shape index (κ1) is 19.5. The largest absolute Gasteiger partial charge is 0.465 e. The smallest absolute Gasteiger partial charge is 0.324 e. The molecule has 0 aliphatic heterocycles. The Kier molecular flexibility index (Phi) is 8.35. The van der Waals surface area contributed by atoms with Crippen LogP contribution in [0.1, 0.15) is 38.7 Å². The van der Waals surface area contributed by atoms with Gasteiger partial charge in [0.1, 0.15) is 0 Å². The lowest BCUT2D eigenvalue weighted by Crippen LogP contribution is -2.42. The van der Waals surface area contributed by atoms with E-state index in [1.165, 1.54) is 0 Å². The SMILES string of the molecule is C=CCCC(CC#Cc1ccccc1)(C(=O)OCC)C(=O)OCC. The summed E-state index contributed by atoms with van der Waals surface area (Å²) in [6, 6.07) is 9.40. The Bertz CT molecular complexity index is 590. The van der Waals surface area contributed by atoms with Gasteiger partial charge in [0.15, 0.2) is 5.41 Å². The van der Waals surface area contributed by atoms with Crippen LogP contribution >= 0.6 is 0 Å². The molecule has 1 aromatic rings. The van der Waals surface area contributed by atoms with Gasteiger partial charge in [0, 0.05) is 12.0 Å². The molecule has 0 amide bonds. The van der Waals surface area contributed by atoms with Gasteiger partial charge >= 0.3 is 11.9 Å². The third-order valence-corrected chi connectivity index (χ3v) is 3.50. The minimum atomic E-state index is -1.41. The van der Waals surface area contributed by atoms with Gasteiger partial charge in [0.2, 0.25) is 0 Å². The molecule has 0 N–H and O–H groups in total. The number of hydrogen-bond donors (Lipinski definition) is 0. The first-order chi connectivity index (χ1) is 11.6. The zero-order valence-corrected chi connectivity index (χ0v) is 14.3. The maximum Gasteiger partial charge on any atom is 0.324 e. The number of ether oxygens (including phenoxy) is 2. The molecule has 4 nitrogen and oxygen atoms in total. The maximum atomic E-state index is 12.5. The van der Waals surface area contributed by atoms with Crippen LogP contribution < -0.4 is 0 Å². The molecule has 0 spiro atoms. The van der Waals surface area contributed by atoms with Crippen LogP contribution in [-0.2, 0) is 19.1 Å². The molecule has 0 aromatic heterocycles. The highest BCUT2D eigenvalue weighted by molar-refractivity contribution is 6.00. The number of carbonyl (C=O) groups is 2. The van der Waals surface area contributed by atoms with Gasteiger partial charge in [-0.2, -0.15) is 0 Å². The highest BCUT2D eigenvalue weighted by Gasteiger charge is 2.47. The van der Waals surface area contributed by atoms with Crippen LogP contribution in [-0.4, -0.2) is 25.2 Å². The highest BCUT2D eigenvalue weighted by atomic mass is 16.6. The molecule has 0 atom stereocenters. The molecule has 0 bridgehead atoms. The van der Waals surface area contributed by atoms with Crippen LogP contribution in [0.4, 0.5) is 0 Å². The third-order valence-electron chi connectivity index (χ3n) is 3.50. The fraction of sp³-hybridized carbons (Fsp3) is 0.400. The van der Waals surface area contributed by atoms with Crippen LogP contribution in [0.2, 0.25) is 0 Å². The van der Waals surface area contributed by atoms with E-state index >= 15 is 0 Å². The molecule has 0 radical (unpaired) electrons. The van der Waals surface area contributed by atoms with Gasteiger partial charge in [-0.1, -0.05) is 36.1 Å². The van der Waals surface area contributed by atoms with E-state index in [9.17, 15) is 9.59 Å². The van der Waals surface area contributed by atoms with Gasteiger partial charge in [0.25, 0.3) is 0 Å². The van der Waals surface area contributed by atoms with Gasteiger partial charge in [0.05, 0.1) is 13.2 Å². The van der Waals surface area contributed by atoms with E-state index in [1.54, 1.807) is 19.9 Å². The summed E-state index contributed by atoms with van der Waals surface area (Å²) in [5.74, 6) is 4.74. The molecule has 0 saturated heterocycles. The normalized spacial score (nSPS) is 10.2. The van der Waals surface area contributed by atoms with Gasteiger partial charge in [-0.3, -0.25) is 9.59 Å². The van der Waals surface area contributed by atoms with Gasteiger partial charge in [-0.15, -0.1) is 6.58 Å². The summed E-state index contributed by atoms with van der Waals surface area (Å²) in [5.41, 5.74) is -0.593. The van der Waals surface area contributed by atoms with E-state index in [1.807, 2.05) is 30.3 Å². The molecule has 0 aliphatic carbocycles. The summed E-state index contributed by atoms with van der Waals surface area (Å²) in [6.07, 6.45) is 2.47. The zero-order chi connectivity index (χ0) is 17.8. The van der Waals surface area contributed by atoms with E-state index in [2.05, 4.69) is 18.4 Å².